The molecule has 4 heteroatoms. The van der Waals surface area contributed by atoms with Crippen LogP contribution in [0.15, 0.2) is 0 Å². The van der Waals surface area contributed by atoms with Crippen LogP contribution in [0.5, 0.6) is 0 Å². The van der Waals surface area contributed by atoms with Gasteiger partial charge >= 0.3 is 5.97 Å². The van der Waals surface area contributed by atoms with Gasteiger partial charge in [0.2, 0.25) is 0 Å². The normalized spacial score (nSPS) is 32.2. The first kappa shape index (κ1) is 7.50. The van der Waals surface area contributed by atoms with Gasteiger partial charge in [0.1, 0.15) is 12.3 Å². The van der Waals surface area contributed by atoms with Crippen molar-refractivity contribution in [3.63, 3.8) is 0 Å². The summed E-state index contributed by atoms with van der Waals surface area (Å²) in [7, 11) is 1.34. The molecule has 0 unspecified atom stereocenters. The van der Waals surface area contributed by atoms with Crippen molar-refractivity contribution in [2.45, 2.75) is 25.1 Å². The molecule has 1 saturated heterocycles. The van der Waals surface area contributed by atoms with Crippen molar-refractivity contribution < 1.29 is 14.6 Å². The van der Waals surface area contributed by atoms with Crippen LogP contribution < -0.4 is 5.32 Å². The van der Waals surface area contributed by atoms with Crippen LogP contribution in [0.4, 0.5) is 0 Å². The van der Waals surface area contributed by atoms with Crippen LogP contribution >= 0.6 is 0 Å². The minimum absolute atomic E-state index is 0.295. The standard InChI is InChI=1S/C6H11NO3/c1-10-6(9)4-2-3-5(8)7-4/h4-5,7-8H,2-3H2,1H3/t4-,5-/m0/s1. The number of carbonyl (C=O) groups is 1. The van der Waals surface area contributed by atoms with E-state index >= 15 is 0 Å². The van der Waals surface area contributed by atoms with E-state index in [-0.39, 0.29) is 12.0 Å². The minimum atomic E-state index is -0.538. The molecule has 1 rings (SSSR count). The monoisotopic (exact) mass is 145 g/mol. The molecule has 58 valence electrons. The number of carbonyl (C=O) groups excluding carboxylic acids is 1. The summed E-state index contributed by atoms with van der Waals surface area (Å²) in [6.07, 6.45) is 0.747. The molecule has 0 aliphatic carbocycles. The Balaban J connectivity index is 2.37. The largest absolute Gasteiger partial charge is 0.468 e. The molecule has 0 radical (unpaired) electrons. The van der Waals surface area contributed by atoms with E-state index in [1.54, 1.807) is 0 Å². The summed E-state index contributed by atoms with van der Waals surface area (Å²) >= 11 is 0. The Labute approximate surface area is 59.2 Å². The molecule has 0 amide bonds. The van der Waals surface area contributed by atoms with Gasteiger partial charge in [0.25, 0.3) is 0 Å². The lowest BCUT2D eigenvalue weighted by Crippen LogP contribution is -2.35. The van der Waals surface area contributed by atoms with Gasteiger partial charge in [-0.15, -0.1) is 0 Å². The van der Waals surface area contributed by atoms with Gasteiger partial charge in [0.05, 0.1) is 7.11 Å². The smallest absolute Gasteiger partial charge is 0.322 e. The van der Waals surface area contributed by atoms with Gasteiger partial charge in [-0.3, -0.25) is 10.1 Å². The Morgan fingerprint density at radius 2 is 2.40 bits per heavy atom. The van der Waals surface area contributed by atoms with Gasteiger partial charge < -0.3 is 9.84 Å². The van der Waals surface area contributed by atoms with Gasteiger partial charge in [-0.1, -0.05) is 0 Å². The highest BCUT2D eigenvalue weighted by atomic mass is 16.5. The van der Waals surface area contributed by atoms with Crippen molar-refractivity contribution in [2.24, 2.45) is 0 Å². The molecule has 0 aromatic carbocycles. The summed E-state index contributed by atoms with van der Waals surface area (Å²) in [6.45, 7) is 0. The van der Waals surface area contributed by atoms with Gasteiger partial charge in [-0.2, -0.15) is 0 Å². The van der Waals surface area contributed by atoms with E-state index in [1.807, 2.05) is 0 Å². The lowest BCUT2D eigenvalue weighted by Gasteiger charge is -2.07. The lowest BCUT2D eigenvalue weighted by molar-refractivity contribution is -0.143. The van der Waals surface area contributed by atoms with Crippen LogP contribution in [0.25, 0.3) is 0 Å². The molecule has 1 aliphatic heterocycles. The average molecular weight is 145 g/mol. The van der Waals surface area contributed by atoms with E-state index < -0.39 is 6.23 Å². The number of methoxy groups -OCH3 is 1. The van der Waals surface area contributed by atoms with Crippen LogP contribution in [-0.2, 0) is 9.53 Å². The number of aliphatic hydroxyl groups excluding tert-OH is 1. The van der Waals surface area contributed by atoms with Gasteiger partial charge in [0.15, 0.2) is 0 Å². The zero-order chi connectivity index (χ0) is 7.56. The molecule has 4 nitrogen and oxygen atoms in total. The number of esters is 1. The first-order valence-electron chi connectivity index (χ1n) is 3.26. The number of aliphatic hydroxyl groups is 1. The first-order valence-corrected chi connectivity index (χ1v) is 3.26. The van der Waals surface area contributed by atoms with E-state index in [2.05, 4.69) is 10.1 Å². The van der Waals surface area contributed by atoms with Crippen molar-refractivity contribution in [1.29, 1.82) is 0 Å². The number of ether oxygens (including phenoxy) is 1. The topological polar surface area (TPSA) is 58.6 Å². The molecule has 1 heterocycles. The number of hydrogen-bond donors (Lipinski definition) is 2. The molecule has 1 aliphatic rings. The number of hydrogen-bond acceptors (Lipinski definition) is 4. The number of rotatable bonds is 1. The summed E-state index contributed by atoms with van der Waals surface area (Å²) in [5.74, 6) is -0.295. The Kier molecular flexibility index (Phi) is 2.24. The molecular weight excluding hydrogens is 134 g/mol. The van der Waals surface area contributed by atoms with Gasteiger partial charge in [0, 0.05) is 0 Å². The molecule has 1 fully saturated rings. The maximum absolute atomic E-state index is 10.8. The Hall–Kier alpha value is -0.610. The molecule has 0 aromatic heterocycles. The fraction of sp³-hybridized carbons (Fsp3) is 0.833. The maximum atomic E-state index is 10.8. The second kappa shape index (κ2) is 2.98. The second-order valence-corrected chi connectivity index (χ2v) is 2.34. The SMILES string of the molecule is COC(=O)[C@@H]1CC[C@H](O)N1. The lowest BCUT2D eigenvalue weighted by atomic mass is 10.2. The summed E-state index contributed by atoms with van der Waals surface area (Å²) in [5, 5.41) is 11.6. The van der Waals surface area contributed by atoms with Crippen molar-refractivity contribution >= 4 is 5.97 Å². The molecule has 0 aromatic rings. The third kappa shape index (κ3) is 1.46. The van der Waals surface area contributed by atoms with Crippen LogP contribution in [0.3, 0.4) is 0 Å². The van der Waals surface area contributed by atoms with Crippen molar-refractivity contribution in [3.8, 4) is 0 Å². The van der Waals surface area contributed by atoms with Gasteiger partial charge in [-0.05, 0) is 12.8 Å². The Bertz CT molecular complexity index is 137. The van der Waals surface area contributed by atoms with E-state index in [0.29, 0.717) is 12.8 Å². The van der Waals surface area contributed by atoms with Crippen LogP contribution in [0, 0.1) is 0 Å². The van der Waals surface area contributed by atoms with E-state index in [0.717, 1.165) is 0 Å². The fourth-order valence-electron chi connectivity index (χ4n) is 1.05. The number of nitrogens with one attached hydrogen (secondary N) is 1. The van der Waals surface area contributed by atoms with E-state index in [4.69, 9.17) is 5.11 Å². The highest BCUT2D eigenvalue weighted by Crippen LogP contribution is 2.10. The Morgan fingerprint density at radius 1 is 1.70 bits per heavy atom. The van der Waals surface area contributed by atoms with Gasteiger partial charge in [-0.25, -0.2) is 0 Å². The van der Waals surface area contributed by atoms with Crippen LogP contribution in [0.1, 0.15) is 12.8 Å². The van der Waals surface area contributed by atoms with E-state index in [9.17, 15) is 4.79 Å². The third-order valence-electron chi connectivity index (χ3n) is 1.61. The summed E-state index contributed by atoms with van der Waals surface area (Å²) in [6, 6.07) is -0.306. The predicted molar refractivity (Wildman–Crippen MR) is 34.2 cm³/mol. The first-order chi connectivity index (χ1) is 4.74. The summed E-state index contributed by atoms with van der Waals surface area (Å²) in [5.41, 5.74) is 0. The summed E-state index contributed by atoms with van der Waals surface area (Å²) in [4.78, 5) is 10.8. The van der Waals surface area contributed by atoms with Crippen molar-refractivity contribution in [2.75, 3.05) is 7.11 Å². The maximum Gasteiger partial charge on any atom is 0.322 e. The molecule has 0 spiro atoms. The molecule has 2 N–H and O–H groups in total. The van der Waals surface area contributed by atoms with E-state index in [1.165, 1.54) is 7.11 Å². The predicted octanol–water partition coefficient (Wildman–Crippen LogP) is -0.770. The van der Waals surface area contributed by atoms with Crippen LogP contribution in [0.2, 0.25) is 0 Å². The van der Waals surface area contributed by atoms with Crippen molar-refractivity contribution in [1.82, 2.24) is 5.32 Å². The summed E-state index contributed by atoms with van der Waals surface area (Å²) < 4.78 is 4.47. The highest BCUT2D eigenvalue weighted by molar-refractivity contribution is 5.75. The Morgan fingerprint density at radius 3 is 2.80 bits per heavy atom. The molecule has 0 saturated carbocycles. The minimum Gasteiger partial charge on any atom is -0.468 e. The second-order valence-electron chi connectivity index (χ2n) is 2.34. The molecule has 10 heavy (non-hydrogen) atoms. The molecular formula is C6H11NO3. The quantitative estimate of drug-likeness (QED) is 0.476. The fourth-order valence-corrected chi connectivity index (χ4v) is 1.05. The average Bonchev–Trinajstić information content (AvgIpc) is 2.34. The molecule has 2 atom stereocenters. The third-order valence-corrected chi connectivity index (χ3v) is 1.61. The molecule has 0 bridgehead atoms. The zero-order valence-electron chi connectivity index (χ0n) is 5.83. The van der Waals surface area contributed by atoms with Crippen molar-refractivity contribution in [3.05, 3.63) is 0 Å². The zero-order valence-corrected chi connectivity index (χ0v) is 5.83. The highest BCUT2D eigenvalue weighted by Gasteiger charge is 2.27. The van der Waals surface area contributed by atoms with Crippen LogP contribution in [-0.4, -0.2) is 30.5 Å².